The summed E-state index contributed by atoms with van der Waals surface area (Å²) in [6.07, 6.45) is 2.96. The molecule has 0 atom stereocenters. The maximum atomic E-state index is 6.26. The van der Waals surface area contributed by atoms with Crippen LogP contribution in [0, 0.1) is 0 Å². The Morgan fingerprint density at radius 2 is 1.67 bits per heavy atom. The highest BCUT2D eigenvalue weighted by Crippen LogP contribution is 2.27. The smallest absolute Gasteiger partial charge is 0.0505 e. The molecule has 2 aromatic carbocycles. The number of hydrogen-bond donors (Lipinski definition) is 1. The highest BCUT2D eigenvalue weighted by molar-refractivity contribution is 6.36. The van der Waals surface area contributed by atoms with E-state index in [1.807, 2.05) is 18.2 Å². The Morgan fingerprint density at radius 3 is 2.38 bits per heavy atom. The van der Waals surface area contributed by atoms with Crippen LogP contribution in [0.4, 0.5) is 0 Å². The zero-order valence-corrected chi connectivity index (χ0v) is 13.0. The molecule has 0 amide bonds. The molecule has 21 heavy (non-hydrogen) atoms. The van der Waals surface area contributed by atoms with Crippen LogP contribution in [0.25, 0.3) is 10.9 Å². The van der Waals surface area contributed by atoms with Crippen molar-refractivity contribution in [2.24, 2.45) is 5.73 Å². The molecule has 0 saturated carbocycles. The maximum Gasteiger partial charge on any atom is 0.0505 e. The van der Waals surface area contributed by atoms with Crippen molar-refractivity contribution in [1.82, 2.24) is 4.57 Å². The van der Waals surface area contributed by atoms with Gasteiger partial charge in [0.15, 0.2) is 0 Å². The first kappa shape index (κ1) is 14.5. The zero-order valence-electron chi connectivity index (χ0n) is 11.5. The van der Waals surface area contributed by atoms with Gasteiger partial charge in [0.1, 0.15) is 0 Å². The predicted molar refractivity (Wildman–Crippen MR) is 90.3 cm³/mol. The van der Waals surface area contributed by atoms with E-state index in [9.17, 15) is 0 Å². The molecule has 1 heterocycles. The SMILES string of the molecule is NCCc1cccc2c1ccn2Cc1c(Cl)cccc1Cl. The summed E-state index contributed by atoms with van der Waals surface area (Å²) in [6.45, 7) is 1.31. The van der Waals surface area contributed by atoms with E-state index in [1.54, 1.807) is 0 Å². The Balaban J connectivity index is 2.04. The summed E-state index contributed by atoms with van der Waals surface area (Å²) in [5.74, 6) is 0. The Hall–Kier alpha value is -1.48. The number of nitrogens with zero attached hydrogens (tertiary/aromatic N) is 1. The maximum absolute atomic E-state index is 6.26. The molecule has 4 heteroatoms. The first-order valence-electron chi connectivity index (χ1n) is 6.90. The van der Waals surface area contributed by atoms with Gasteiger partial charge in [-0.05, 0) is 42.8 Å². The molecule has 0 unspecified atom stereocenters. The van der Waals surface area contributed by atoms with Crippen molar-refractivity contribution in [3.63, 3.8) is 0 Å². The van der Waals surface area contributed by atoms with Crippen molar-refractivity contribution in [2.45, 2.75) is 13.0 Å². The van der Waals surface area contributed by atoms with Crippen molar-refractivity contribution >= 4 is 34.1 Å². The number of aromatic nitrogens is 1. The van der Waals surface area contributed by atoms with Crippen LogP contribution < -0.4 is 5.73 Å². The lowest BCUT2D eigenvalue weighted by Crippen LogP contribution is -2.03. The van der Waals surface area contributed by atoms with Crippen molar-refractivity contribution < 1.29 is 0 Å². The second-order valence-electron chi connectivity index (χ2n) is 5.03. The van der Waals surface area contributed by atoms with Crippen LogP contribution in [0.1, 0.15) is 11.1 Å². The molecule has 2 nitrogen and oxygen atoms in total. The van der Waals surface area contributed by atoms with Crippen LogP contribution >= 0.6 is 23.2 Å². The van der Waals surface area contributed by atoms with Gasteiger partial charge in [0.2, 0.25) is 0 Å². The normalized spacial score (nSPS) is 11.2. The van der Waals surface area contributed by atoms with Crippen LogP contribution in [0.5, 0.6) is 0 Å². The largest absolute Gasteiger partial charge is 0.343 e. The number of fused-ring (bicyclic) bond motifs is 1. The lowest BCUT2D eigenvalue weighted by molar-refractivity contribution is 0.837. The molecular weight excluding hydrogens is 303 g/mol. The van der Waals surface area contributed by atoms with Crippen molar-refractivity contribution in [2.75, 3.05) is 6.54 Å². The highest BCUT2D eigenvalue weighted by atomic mass is 35.5. The van der Waals surface area contributed by atoms with Gasteiger partial charge in [0.05, 0.1) is 6.54 Å². The lowest BCUT2D eigenvalue weighted by Gasteiger charge is -2.10. The van der Waals surface area contributed by atoms with E-state index >= 15 is 0 Å². The molecule has 0 bridgehead atoms. The third-order valence-electron chi connectivity index (χ3n) is 3.71. The molecule has 3 aromatic rings. The summed E-state index contributed by atoms with van der Waals surface area (Å²) in [6, 6.07) is 14.0. The average Bonchev–Trinajstić information content (AvgIpc) is 2.88. The van der Waals surface area contributed by atoms with E-state index in [0.29, 0.717) is 23.1 Å². The Kier molecular flexibility index (Phi) is 4.20. The van der Waals surface area contributed by atoms with Crippen molar-refractivity contribution in [3.8, 4) is 0 Å². The fourth-order valence-corrected chi connectivity index (χ4v) is 3.17. The van der Waals surface area contributed by atoms with Crippen molar-refractivity contribution in [3.05, 3.63) is 69.8 Å². The van der Waals surface area contributed by atoms with Crippen LogP contribution in [-0.4, -0.2) is 11.1 Å². The minimum absolute atomic E-state index is 0.653. The van der Waals surface area contributed by atoms with E-state index in [1.165, 1.54) is 16.5 Å². The molecule has 0 radical (unpaired) electrons. The third kappa shape index (κ3) is 2.80. The number of halogens is 2. The average molecular weight is 319 g/mol. The molecule has 2 N–H and O–H groups in total. The highest BCUT2D eigenvalue weighted by Gasteiger charge is 2.09. The van der Waals surface area contributed by atoms with Gasteiger partial charge in [-0.2, -0.15) is 0 Å². The molecule has 3 rings (SSSR count). The van der Waals surface area contributed by atoms with Gasteiger partial charge in [-0.25, -0.2) is 0 Å². The van der Waals surface area contributed by atoms with Crippen LogP contribution in [0.3, 0.4) is 0 Å². The molecule has 0 aliphatic carbocycles. The van der Waals surface area contributed by atoms with Crippen molar-refractivity contribution in [1.29, 1.82) is 0 Å². The first-order valence-corrected chi connectivity index (χ1v) is 7.66. The van der Waals surface area contributed by atoms with Gasteiger partial charge in [-0.3, -0.25) is 0 Å². The minimum Gasteiger partial charge on any atom is -0.343 e. The summed E-state index contributed by atoms with van der Waals surface area (Å²) in [7, 11) is 0. The monoisotopic (exact) mass is 318 g/mol. The van der Waals surface area contributed by atoms with Crippen LogP contribution in [0.15, 0.2) is 48.7 Å². The first-order chi connectivity index (χ1) is 10.2. The van der Waals surface area contributed by atoms with Gasteiger partial charge in [-0.15, -0.1) is 0 Å². The molecule has 0 aliphatic rings. The van der Waals surface area contributed by atoms with Crippen LogP contribution in [-0.2, 0) is 13.0 Å². The van der Waals surface area contributed by atoms with E-state index in [2.05, 4.69) is 35.0 Å². The number of nitrogens with two attached hydrogens (primary N) is 1. The lowest BCUT2D eigenvalue weighted by atomic mass is 10.1. The van der Waals surface area contributed by atoms with Crippen LogP contribution in [0.2, 0.25) is 10.0 Å². The third-order valence-corrected chi connectivity index (χ3v) is 4.42. The molecule has 0 saturated heterocycles. The zero-order chi connectivity index (χ0) is 14.8. The standard InChI is InChI=1S/C17H16Cl2N2/c18-15-4-2-5-16(19)14(15)11-21-10-8-13-12(7-9-20)3-1-6-17(13)21/h1-6,8,10H,7,9,11,20H2. The van der Waals surface area contributed by atoms with Gasteiger partial charge in [0.25, 0.3) is 0 Å². The summed E-state index contributed by atoms with van der Waals surface area (Å²) in [5, 5.41) is 2.64. The van der Waals surface area contributed by atoms with E-state index in [-0.39, 0.29) is 0 Å². The van der Waals surface area contributed by atoms with Gasteiger partial charge >= 0.3 is 0 Å². The Morgan fingerprint density at radius 1 is 0.952 bits per heavy atom. The van der Waals surface area contributed by atoms with E-state index in [0.717, 1.165) is 12.0 Å². The fourth-order valence-electron chi connectivity index (χ4n) is 2.65. The summed E-state index contributed by atoms with van der Waals surface area (Å²) in [5.41, 5.74) is 9.08. The summed E-state index contributed by atoms with van der Waals surface area (Å²) >= 11 is 12.5. The number of benzene rings is 2. The molecular formula is C17H16Cl2N2. The second-order valence-corrected chi connectivity index (χ2v) is 5.85. The Labute approximate surface area is 134 Å². The number of rotatable bonds is 4. The molecule has 108 valence electrons. The number of hydrogen-bond acceptors (Lipinski definition) is 1. The fraction of sp³-hybridized carbons (Fsp3) is 0.176. The van der Waals surface area contributed by atoms with Gasteiger partial charge in [0, 0.05) is 32.7 Å². The summed E-state index contributed by atoms with van der Waals surface area (Å²) < 4.78 is 2.17. The predicted octanol–water partition coefficient (Wildman–Crippen LogP) is 4.50. The molecule has 0 fully saturated rings. The Bertz CT molecular complexity index is 757. The minimum atomic E-state index is 0.653. The molecule has 0 spiro atoms. The second kappa shape index (κ2) is 6.10. The van der Waals surface area contributed by atoms with Gasteiger partial charge in [-0.1, -0.05) is 41.4 Å². The topological polar surface area (TPSA) is 30.9 Å². The summed E-state index contributed by atoms with van der Waals surface area (Å²) in [4.78, 5) is 0. The quantitative estimate of drug-likeness (QED) is 0.754. The van der Waals surface area contributed by atoms with E-state index < -0.39 is 0 Å². The van der Waals surface area contributed by atoms with E-state index in [4.69, 9.17) is 28.9 Å². The van der Waals surface area contributed by atoms with Gasteiger partial charge < -0.3 is 10.3 Å². The molecule has 1 aromatic heterocycles. The molecule has 0 aliphatic heterocycles.